The molecule has 0 saturated heterocycles. The van der Waals surface area contributed by atoms with Gasteiger partial charge in [-0.2, -0.15) is 0 Å². The minimum atomic E-state index is 0.535. The summed E-state index contributed by atoms with van der Waals surface area (Å²) in [6.07, 6.45) is 0.762. The molecule has 1 aromatic carbocycles. The lowest BCUT2D eigenvalue weighted by Crippen LogP contribution is -2.09. The second-order valence-corrected chi connectivity index (χ2v) is 3.34. The van der Waals surface area contributed by atoms with E-state index in [1.165, 1.54) is 0 Å². The second-order valence-electron chi connectivity index (χ2n) is 3.34. The molecule has 0 fully saturated rings. The molecule has 88 valence electrons. The standard InChI is InChI=1S/C12H18N2O2/c1-4-12(13)14-8-9-5-6-10(15-2)7-11(9)16-3/h5-7H,4,8H2,1-3H3,(H2,13,14). The summed E-state index contributed by atoms with van der Waals surface area (Å²) in [6, 6.07) is 5.66. The Bertz CT molecular complexity index is 375. The Morgan fingerprint density at radius 3 is 2.62 bits per heavy atom. The van der Waals surface area contributed by atoms with Crippen molar-refractivity contribution in [1.82, 2.24) is 0 Å². The maximum atomic E-state index is 5.65. The second kappa shape index (κ2) is 6.00. The van der Waals surface area contributed by atoms with Crippen LogP contribution in [0, 0.1) is 0 Å². The van der Waals surface area contributed by atoms with Crippen LogP contribution in [0.2, 0.25) is 0 Å². The van der Waals surface area contributed by atoms with Crippen LogP contribution >= 0.6 is 0 Å². The number of aliphatic imine (C=N–C) groups is 1. The lowest BCUT2D eigenvalue weighted by molar-refractivity contribution is 0.391. The molecule has 0 aliphatic carbocycles. The van der Waals surface area contributed by atoms with Crippen LogP contribution in [0.25, 0.3) is 0 Å². The molecule has 0 radical (unpaired) electrons. The highest BCUT2D eigenvalue weighted by Gasteiger charge is 2.04. The first-order valence-electron chi connectivity index (χ1n) is 5.21. The van der Waals surface area contributed by atoms with Gasteiger partial charge in [0.2, 0.25) is 0 Å². The average Bonchev–Trinajstić information content (AvgIpc) is 2.35. The van der Waals surface area contributed by atoms with Crippen LogP contribution in [-0.2, 0) is 6.54 Å². The van der Waals surface area contributed by atoms with Crippen LogP contribution in [0.1, 0.15) is 18.9 Å². The fourth-order valence-corrected chi connectivity index (χ4v) is 1.28. The normalized spacial score (nSPS) is 11.3. The van der Waals surface area contributed by atoms with Crippen molar-refractivity contribution in [2.75, 3.05) is 14.2 Å². The van der Waals surface area contributed by atoms with Crippen LogP contribution in [-0.4, -0.2) is 20.1 Å². The maximum Gasteiger partial charge on any atom is 0.127 e. The van der Waals surface area contributed by atoms with Crippen LogP contribution in [0.5, 0.6) is 11.5 Å². The number of nitrogens with zero attached hydrogens (tertiary/aromatic N) is 1. The SMILES string of the molecule is CCC(N)=NCc1ccc(OC)cc1OC. The summed E-state index contributed by atoms with van der Waals surface area (Å²) in [7, 11) is 3.26. The summed E-state index contributed by atoms with van der Waals surface area (Å²) >= 11 is 0. The predicted octanol–water partition coefficient (Wildman–Crippen LogP) is 1.97. The highest BCUT2D eigenvalue weighted by atomic mass is 16.5. The van der Waals surface area contributed by atoms with Crippen molar-refractivity contribution in [1.29, 1.82) is 0 Å². The van der Waals surface area contributed by atoms with Gasteiger partial charge >= 0.3 is 0 Å². The molecule has 0 unspecified atom stereocenters. The number of nitrogens with two attached hydrogens (primary N) is 1. The maximum absolute atomic E-state index is 5.65. The van der Waals surface area contributed by atoms with Gasteiger partial charge in [0.15, 0.2) is 0 Å². The molecule has 1 aromatic rings. The van der Waals surface area contributed by atoms with Gasteiger partial charge < -0.3 is 15.2 Å². The number of methoxy groups -OCH3 is 2. The van der Waals surface area contributed by atoms with Crippen LogP contribution in [0.4, 0.5) is 0 Å². The number of hydrogen-bond donors (Lipinski definition) is 1. The van der Waals surface area contributed by atoms with E-state index < -0.39 is 0 Å². The first kappa shape index (κ1) is 12.4. The minimum Gasteiger partial charge on any atom is -0.497 e. The molecule has 0 atom stereocenters. The minimum absolute atomic E-state index is 0.535. The van der Waals surface area contributed by atoms with Crippen molar-refractivity contribution in [3.63, 3.8) is 0 Å². The quantitative estimate of drug-likeness (QED) is 0.612. The number of hydrogen-bond acceptors (Lipinski definition) is 3. The molecule has 0 bridgehead atoms. The molecule has 0 aromatic heterocycles. The Morgan fingerprint density at radius 1 is 1.31 bits per heavy atom. The van der Waals surface area contributed by atoms with Crippen molar-refractivity contribution >= 4 is 5.84 Å². The monoisotopic (exact) mass is 222 g/mol. The Labute approximate surface area is 96.1 Å². The van der Waals surface area contributed by atoms with Crippen molar-refractivity contribution in [2.24, 2.45) is 10.7 Å². The summed E-state index contributed by atoms with van der Waals surface area (Å²) in [6.45, 7) is 2.51. The molecule has 0 spiro atoms. The smallest absolute Gasteiger partial charge is 0.127 e. The Hall–Kier alpha value is -1.71. The van der Waals surface area contributed by atoms with Crippen LogP contribution in [0.3, 0.4) is 0 Å². The number of amidine groups is 1. The van der Waals surface area contributed by atoms with Gasteiger partial charge in [0, 0.05) is 18.1 Å². The molecular formula is C12H18N2O2. The fraction of sp³-hybridized carbons (Fsp3) is 0.417. The summed E-state index contributed by atoms with van der Waals surface area (Å²) in [5.74, 6) is 2.19. The number of ether oxygens (including phenoxy) is 2. The fourth-order valence-electron chi connectivity index (χ4n) is 1.28. The first-order chi connectivity index (χ1) is 7.71. The van der Waals surface area contributed by atoms with Gasteiger partial charge in [0.1, 0.15) is 11.5 Å². The van der Waals surface area contributed by atoms with Crippen molar-refractivity contribution in [3.8, 4) is 11.5 Å². The molecule has 2 N–H and O–H groups in total. The zero-order valence-corrected chi connectivity index (χ0v) is 9.99. The van der Waals surface area contributed by atoms with Crippen LogP contribution < -0.4 is 15.2 Å². The highest BCUT2D eigenvalue weighted by Crippen LogP contribution is 2.25. The summed E-state index contributed by atoms with van der Waals surface area (Å²) in [4.78, 5) is 4.25. The van der Waals surface area contributed by atoms with E-state index in [9.17, 15) is 0 Å². The molecular weight excluding hydrogens is 204 g/mol. The van der Waals surface area contributed by atoms with Crippen molar-refractivity contribution in [3.05, 3.63) is 23.8 Å². The van der Waals surface area contributed by atoms with Crippen molar-refractivity contribution < 1.29 is 9.47 Å². The van der Waals surface area contributed by atoms with E-state index in [-0.39, 0.29) is 0 Å². The molecule has 1 rings (SSSR count). The summed E-state index contributed by atoms with van der Waals surface area (Å²) < 4.78 is 10.4. The van der Waals surface area contributed by atoms with Gasteiger partial charge in [-0.05, 0) is 12.1 Å². The molecule has 0 aliphatic rings. The summed E-state index contributed by atoms with van der Waals surface area (Å²) in [5.41, 5.74) is 6.65. The van der Waals surface area contributed by atoms with E-state index in [4.69, 9.17) is 15.2 Å². The topological polar surface area (TPSA) is 56.8 Å². The van der Waals surface area contributed by atoms with Gasteiger partial charge in [-0.25, -0.2) is 0 Å². The third kappa shape index (κ3) is 3.15. The number of rotatable bonds is 5. The average molecular weight is 222 g/mol. The van der Waals surface area contributed by atoms with E-state index in [0.717, 1.165) is 23.5 Å². The van der Waals surface area contributed by atoms with E-state index in [2.05, 4.69) is 4.99 Å². The van der Waals surface area contributed by atoms with Gasteiger partial charge in [-0.15, -0.1) is 0 Å². The third-order valence-electron chi connectivity index (χ3n) is 2.31. The largest absolute Gasteiger partial charge is 0.497 e. The molecule has 0 amide bonds. The van der Waals surface area contributed by atoms with Gasteiger partial charge in [0.05, 0.1) is 26.6 Å². The highest BCUT2D eigenvalue weighted by molar-refractivity contribution is 5.79. The van der Waals surface area contributed by atoms with E-state index in [0.29, 0.717) is 12.4 Å². The Balaban J connectivity index is 2.87. The first-order valence-corrected chi connectivity index (χ1v) is 5.21. The van der Waals surface area contributed by atoms with Gasteiger partial charge in [-0.3, -0.25) is 4.99 Å². The van der Waals surface area contributed by atoms with Crippen molar-refractivity contribution in [2.45, 2.75) is 19.9 Å². The number of benzene rings is 1. The molecule has 0 saturated carbocycles. The molecule has 0 heterocycles. The van der Waals surface area contributed by atoms with Crippen LogP contribution in [0.15, 0.2) is 23.2 Å². The van der Waals surface area contributed by atoms with E-state index in [1.807, 2.05) is 25.1 Å². The molecule has 16 heavy (non-hydrogen) atoms. The predicted molar refractivity (Wildman–Crippen MR) is 65.2 cm³/mol. The lowest BCUT2D eigenvalue weighted by atomic mass is 10.2. The molecule has 4 nitrogen and oxygen atoms in total. The third-order valence-corrected chi connectivity index (χ3v) is 2.31. The Kier molecular flexibility index (Phi) is 4.64. The molecule has 0 aliphatic heterocycles. The zero-order valence-electron chi connectivity index (χ0n) is 9.99. The molecule has 4 heteroatoms. The summed E-state index contributed by atoms with van der Waals surface area (Å²) in [5, 5.41) is 0. The van der Waals surface area contributed by atoms with Gasteiger partial charge in [-0.1, -0.05) is 6.92 Å². The Morgan fingerprint density at radius 2 is 2.06 bits per heavy atom. The zero-order chi connectivity index (χ0) is 12.0. The van der Waals surface area contributed by atoms with Gasteiger partial charge in [0.25, 0.3) is 0 Å². The van der Waals surface area contributed by atoms with E-state index >= 15 is 0 Å². The lowest BCUT2D eigenvalue weighted by Gasteiger charge is -2.08. The van der Waals surface area contributed by atoms with E-state index in [1.54, 1.807) is 14.2 Å².